The molecule has 0 radical (unpaired) electrons. The van der Waals surface area contributed by atoms with Crippen molar-refractivity contribution in [2.24, 2.45) is 0 Å². The lowest BCUT2D eigenvalue weighted by molar-refractivity contribution is -0.118. The molecule has 0 aliphatic carbocycles. The van der Waals surface area contributed by atoms with Gasteiger partial charge in [0, 0.05) is 37.6 Å². The zero-order valence-electron chi connectivity index (χ0n) is 18.4. The van der Waals surface area contributed by atoms with Crippen molar-refractivity contribution in [2.45, 2.75) is 0 Å². The Morgan fingerprint density at radius 3 is 1.31 bits per heavy atom. The molecule has 0 unspecified atom stereocenters. The number of rotatable bonds is 6. The summed E-state index contributed by atoms with van der Waals surface area (Å²) in [6.07, 6.45) is 0. The summed E-state index contributed by atoms with van der Waals surface area (Å²) in [5.41, 5.74) is 1.58. The predicted octanol–water partition coefficient (Wildman–Crippen LogP) is 1.91. The number of carbonyl (C=O) groups excluding carboxylic acids is 2. The number of para-hydroxylation sites is 2. The Morgan fingerprint density at radius 2 is 0.969 bits per heavy atom. The zero-order valence-corrected chi connectivity index (χ0v) is 18.4. The number of carbonyl (C=O) groups is 2. The summed E-state index contributed by atoms with van der Waals surface area (Å²) in [6.45, 7) is 5.19. The average molecular weight is 441 g/mol. The molecule has 0 saturated carbocycles. The lowest BCUT2D eigenvalue weighted by Crippen LogP contribution is -2.41. The maximum absolute atomic E-state index is 12.4. The lowest BCUT2D eigenvalue weighted by Gasteiger charge is -2.25. The van der Waals surface area contributed by atoms with Crippen molar-refractivity contribution in [1.82, 2.24) is 9.80 Å². The van der Waals surface area contributed by atoms with Gasteiger partial charge in [0.15, 0.2) is 0 Å². The summed E-state index contributed by atoms with van der Waals surface area (Å²) in [5, 5.41) is 5.82. The van der Waals surface area contributed by atoms with Gasteiger partial charge in [-0.15, -0.1) is 0 Å². The van der Waals surface area contributed by atoms with Crippen LogP contribution in [0.3, 0.4) is 0 Å². The van der Waals surface area contributed by atoms with Gasteiger partial charge in [-0.2, -0.15) is 0 Å². The minimum Gasteiger partial charge on any atom is -0.379 e. The molecule has 1 aliphatic heterocycles. The smallest absolute Gasteiger partial charge is 0.238 e. The summed E-state index contributed by atoms with van der Waals surface area (Å²) in [6, 6.07) is 18.9. The summed E-state index contributed by atoms with van der Waals surface area (Å²) < 4.78 is 11.6. The van der Waals surface area contributed by atoms with Crippen LogP contribution in [0.15, 0.2) is 60.7 Å². The molecule has 3 rings (SSSR count). The molecule has 172 valence electrons. The Labute approximate surface area is 189 Å². The number of benzene rings is 2. The second-order valence-corrected chi connectivity index (χ2v) is 7.61. The van der Waals surface area contributed by atoms with E-state index in [4.69, 9.17) is 9.47 Å². The predicted molar refractivity (Wildman–Crippen MR) is 125 cm³/mol. The molecule has 1 fully saturated rings. The number of anilines is 2. The second kappa shape index (κ2) is 13.6. The van der Waals surface area contributed by atoms with Crippen LogP contribution in [0.5, 0.6) is 0 Å². The zero-order chi connectivity index (χ0) is 22.4. The van der Waals surface area contributed by atoms with Crippen LogP contribution in [0, 0.1) is 0 Å². The summed E-state index contributed by atoms with van der Waals surface area (Å²) >= 11 is 0. The molecule has 2 aromatic carbocycles. The number of hydrogen-bond acceptors (Lipinski definition) is 6. The molecule has 0 aromatic heterocycles. The minimum absolute atomic E-state index is 0.0566. The molecule has 1 heterocycles. The first kappa shape index (κ1) is 23.9. The van der Waals surface area contributed by atoms with Crippen molar-refractivity contribution >= 4 is 23.2 Å². The Kier molecular flexibility index (Phi) is 10.1. The van der Waals surface area contributed by atoms with E-state index in [1.165, 1.54) is 0 Å². The fourth-order valence-corrected chi connectivity index (χ4v) is 3.37. The van der Waals surface area contributed by atoms with E-state index in [1.54, 1.807) is 0 Å². The van der Waals surface area contributed by atoms with E-state index in [2.05, 4.69) is 10.6 Å². The number of hydrogen-bond donors (Lipinski definition) is 2. The van der Waals surface area contributed by atoms with Crippen molar-refractivity contribution in [3.05, 3.63) is 60.7 Å². The van der Waals surface area contributed by atoms with Crippen LogP contribution in [0.25, 0.3) is 0 Å². The van der Waals surface area contributed by atoms with Gasteiger partial charge in [0.2, 0.25) is 11.8 Å². The van der Waals surface area contributed by atoms with Gasteiger partial charge in [0.1, 0.15) is 0 Å². The molecule has 8 heteroatoms. The Balaban J connectivity index is 1.40. The normalized spacial score (nSPS) is 17.0. The maximum atomic E-state index is 12.4. The van der Waals surface area contributed by atoms with E-state index in [1.807, 2.05) is 70.5 Å². The fourth-order valence-electron chi connectivity index (χ4n) is 3.37. The van der Waals surface area contributed by atoms with E-state index < -0.39 is 0 Å². The summed E-state index contributed by atoms with van der Waals surface area (Å²) in [4.78, 5) is 28.8. The maximum Gasteiger partial charge on any atom is 0.238 e. The Morgan fingerprint density at radius 1 is 0.625 bits per heavy atom. The number of nitrogens with one attached hydrogen (secondary N) is 2. The van der Waals surface area contributed by atoms with Crippen LogP contribution in [-0.2, 0) is 19.1 Å². The highest BCUT2D eigenvalue weighted by Gasteiger charge is 2.14. The number of nitrogens with zero attached hydrogens (tertiary/aromatic N) is 2. The third kappa shape index (κ3) is 9.15. The molecule has 32 heavy (non-hydrogen) atoms. The quantitative estimate of drug-likeness (QED) is 0.714. The van der Waals surface area contributed by atoms with Crippen molar-refractivity contribution < 1.29 is 19.1 Å². The van der Waals surface area contributed by atoms with Crippen LogP contribution < -0.4 is 10.6 Å². The molecule has 0 atom stereocenters. The molecule has 0 bridgehead atoms. The summed E-state index contributed by atoms with van der Waals surface area (Å²) in [7, 11) is 0. The van der Waals surface area contributed by atoms with Gasteiger partial charge in [-0.25, -0.2) is 0 Å². The van der Waals surface area contributed by atoms with E-state index in [0.29, 0.717) is 52.6 Å². The van der Waals surface area contributed by atoms with E-state index in [9.17, 15) is 9.59 Å². The number of ether oxygens (including phenoxy) is 2. The summed E-state index contributed by atoms with van der Waals surface area (Å²) in [5.74, 6) is -0.113. The SMILES string of the molecule is O=C(CN1CCOCCN(CC(=O)Nc2ccccc2)CCOCC1)Nc1ccccc1. The molecule has 2 amide bonds. The van der Waals surface area contributed by atoms with Crippen LogP contribution in [0.2, 0.25) is 0 Å². The Hall–Kier alpha value is -2.78. The Bertz CT molecular complexity index is 738. The first-order valence-corrected chi connectivity index (χ1v) is 11.0. The third-order valence-corrected chi connectivity index (χ3v) is 5.06. The lowest BCUT2D eigenvalue weighted by atomic mass is 10.3. The molecule has 8 nitrogen and oxygen atoms in total. The van der Waals surface area contributed by atoms with E-state index in [0.717, 1.165) is 11.4 Å². The fraction of sp³-hybridized carbons (Fsp3) is 0.417. The third-order valence-electron chi connectivity index (χ3n) is 5.06. The van der Waals surface area contributed by atoms with E-state index >= 15 is 0 Å². The number of amides is 2. The largest absolute Gasteiger partial charge is 0.379 e. The monoisotopic (exact) mass is 440 g/mol. The van der Waals surface area contributed by atoms with Crippen molar-refractivity contribution in [2.75, 3.05) is 76.3 Å². The van der Waals surface area contributed by atoms with Gasteiger partial charge in [0.05, 0.1) is 39.5 Å². The van der Waals surface area contributed by atoms with Crippen molar-refractivity contribution in [3.63, 3.8) is 0 Å². The highest BCUT2D eigenvalue weighted by Crippen LogP contribution is 2.06. The molecule has 2 N–H and O–H groups in total. The minimum atomic E-state index is -0.0566. The van der Waals surface area contributed by atoms with Gasteiger partial charge < -0.3 is 20.1 Å². The van der Waals surface area contributed by atoms with Gasteiger partial charge in [-0.1, -0.05) is 36.4 Å². The van der Waals surface area contributed by atoms with Crippen LogP contribution in [0.4, 0.5) is 11.4 Å². The molecule has 1 saturated heterocycles. The standard InChI is InChI=1S/C24H32N4O4/c29-23(25-21-7-3-1-4-8-21)19-27-11-15-31-17-13-28(14-18-32-16-12-27)20-24(30)26-22-9-5-2-6-10-22/h1-10H,11-20H2,(H,25,29)(H,26,30). The van der Waals surface area contributed by atoms with Gasteiger partial charge in [0.25, 0.3) is 0 Å². The van der Waals surface area contributed by atoms with Gasteiger partial charge >= 0.3 is 0 Å². The highest BCUT2D eigenvalue weighted by atomic mass is 16.5. The van der Waals surface area contributed by atoms with Gasteiger partial charge in [-0.3, -0.25) is 19.4 Å². The van der Waals surface area contributed by atoms with Crippen molar-refractivity contribution in [1.29, 1.82) is 0 Å². The topological polar surface area (TPSA) is 83.1 Å². The average Bonchev–Trinajstić information content (AvgIpc) is 2.78. The van der Waals surface area contributed by atoms with Crippen LogP contribution in [-0.4, -0.2) is 87.3 Å². The molecule has 0 spiro atoms. The molecular weight excluding hydrogens is 408 g/mol. The molecule has 2 aromatic rings. The van der Waals surface area contributed by atoms with Crippen LogP contribution >= 0.6 is 0 Å². The van der Waals surface area contributed by atoms with E-state index in [-0.39, 0.29) is 24.9 Å². The highest BCUT2D eigenvalue weighted by molar-refractivity contribution is 5.92. The van der Waals surface area contributed by atoms with Gasteiger partial charge in [-0.05, 0) is 24.3 Å². The first-order valence-electron chi connectivity index (χ1n) is 11.0. The molecule has 1 aliphatic rings. The molecular formula is C24H32N4O4. The second-order valence-electron chi connectivity index (χ2n) is 7.61. The van der Waals surface area contributed by atoms with Crippen molar-refractivity contribution in [3.8, 4) is 0 Å². The first-order chi connectivity index (χ1) is 15.7. The van der Waals surface area contributed by atoms with Crippen LogP contribution in [0.1, 0.15) is 0 Å².